The second-order valence-electron chi connectivity index (χ2n) is 7.85. The Balaban J connectivity index is 0.000000520. The van der Waals surface area contributed by atoms with Crippen molar-refractivity contribution in [3.8, 4) is 5.88 Å². The number of nitrogens with two attached hydrogens (primary N) is 1. The van der Waals surface area contributed by atoms with E-state index in [1.165, 1.54) is 4.68 Å². The molecule has 1 heterocycles. The molecule has 1 aromatic heterocycles. The molecule has 0 aliphatic heterocycles. The molecule has 0 aliphatic carbocycles. The number of carboxylic acids is 3. The number of hydrogen-bond donors (Lipinski definition) is 5. The lowest BCUT2D eigenvalue weighted by Gasteiger charge is -2.18. The lowest BCUT2D eigenvalue weighted by atomic mass is 9.96. The summed E-state index contributed by atoms with van der Waals surface area (Å²) in [6, 6.07) is 1.70. The molecular formula is C22H28F3N3O8. The summed E-state index contributed by atoms with van der Waals surface area (Å²) in [6.07, 6.45) is -1.67. The highest BCUT2D eigenvalue weighted by Gasteiger charge is 2.40. The molecule has 2 aromatic rings. The molecule has 0 spiro atoms. The number of aliphatic carboxylic acids is 3. The molecule has 14 heteroatoms. The van der Waals surface area contributed by atoms with E-state index in [-0.39, 0.29) is 30.1 Å². The summed E-state index contributed by atoms with van der Waals surface area (Å²) >= 11 is 0. The highest BCUT2D eigenvalue weighted by atomic mass is 19.2. The summed E-state index contributed by atoms with van der Waals surface area (Å²) in [5.41, 5.74) is 1.61. The van der Waals surface area contributed by atoms with Crippen LogP contribution in [0.1, 0.15) is 49.9 Å². The monoisotopic (exact) mass is 523 g/mol. The van der Waals surface area contributed by atoms with Crippen molar-refractivity contribution in [3.63, 3.8) is 0 Å². The lowest BCUT2D eigenvalue weighted by molar-refractivity contribution is -0.170. The van der Waals surface area contributed by atoms with Gasteiger partial charge in [-0.2, -0.15) is 5.10 Å². The van der Waals surface area contributed by atoms with Gasteiger partial charge < -0.3 is 30.9 Å². The van der Waals surface area contributed by atoms with Gasteiger partial charge in [-0.1, -0.05) is 13.8 Å². The van der Waals surface area contributed by atoms with Gasteiger partial charge in [0.05, 0.1) is 21.3 Å². The summed E-state index contributed by atoms with van der Waals surface area (Å²) in [4.78, 5) is 30.5. The first-order chi connectivity index (χ1) is 18.1. The zero-order valence-corrected chi connectivity index (χ0v) is 19.2. The van der Waals surface area contributed by atoms with Crippen molar-refractivity contribution in [2.24, 2.45) is 11.7 Å². The van der Waals surface area contributed by atoms with Crippen molar-refractivity contribution >= 4 is 17.9 Å². The summed E-state index contributed by atoms with van der Waals surface area (Å²) in [5, 5.41) is 37.8. The molecule has 11 nitrogen and oxygen atoms in total. The minimum absolute atomic E-state index is 0.206. The minimum Gasteiger partial charge on any atom is -0.481 e. The van der Waals surface area contributed by atoms with Gasteiger partial charge in [0.2, 0.25) is 5.88 Å². The number of carbonyl (C=O) groups is 3. The predicted molar refractivity (Wildman–Crippen MR) is 117 cm³/mol. The fourth-order valence-electron chi connectivity index (χ4n) is 2.52. The van der Waals surface area contributed by atoms with Crippen molar-refractivity contribution < 1.29 is 58.2 Å². The maximum atomic E-state index is 13.9. The van der Waals surface area contributed by atoms with Crippen molar-refractivity contribution in [1.29, 1.82) is 0 Å². The number of aryl methyl sites for hydroxylation is 1. The second kappa shape index (κ2) is 13.4. The van der Waals surface area contributed by atoms with E-state index in [4.69, 9.17) is 36.4 Å². The Bertz CT molecular complexity index is 1220. The van der Waals surface area contributed by atoms with Gasteiger partial charge in [0.15, 0.2) is 17.2 Å². The maximum absolute atomic E-state index is 13.9. The number of benzene rings is 1. The molecule has 0 saturated heterocycles. The normalized spacial score (nSPS) is 13.6. The molecule has 0 saturated carbocycles. The largest absolute Gasteiger partial charge is 0.481 e. The summed E-state index contributed by atoms with van der Waals surface area (Å²) in [5.74, 6) is -9.16. The molecule has 0 aliphatic rings. The van der Waals surface area contributed by atoms with Gasteiger partial charge >= 0.3 is 17.9 Å². The van der Waals surface area contributed by atoms with Crippen LogP contribution >= 0.6 is 0 Å². The van der Waals surface area contributed by atoms with E-state index in [1.807, 2.05) is 13.8 Å². The Morgan fingerprint density at radius 1 is 1.08 bits per heavy atom. The van der Waals surface area contributed by atoms with Crippen LogP contribution in [0, 0.1) is 23.4 Å². The number of rotatable bonds is 12. The molecule has 0 amide bonds. The van der Waals surface area contributed by atoms with Gasteiger partial charge in [0.1, 0.15) is 12.4 Å². The average molecular weight is 523 g/mol. The van der Waals surface area contributed by atoms with Gasteiger partial charge in [0.25, 0.3) is 0 Å². The number of halogens is 3. The molecule has 0 atom stereocenters. The van der Waals surface area contributed by atoms with Crippen LogP contribution in [-0.4, -0.2) is 53.7 Å². The third-order valence-corrected chi connectivity index (χ3v) is 4.37. The molecule has 1 aromatic carbocycles. The zero-order chi connectivity index (χ0) is 31.2. The Morgan fingerprint density at radius 2 is 1.64 bits per heavy atom. The molecule has 0 bridgehead atoms. The highest BCUT2D eigenvalue weighted by Crippen LogP contribution is 2.20. The molecule has 2 rings (SSSR count). The van der Waals surface area contributed by atoms with E-state index in [0.29, 0.717) is 12.5 Å². The van der Waals surface area contributed by atoms with E-state index in [9.17, 15) is 27.6 Å². The molecule has 0 unspecified atom stereocenters. The van der Waals surface area contributed by atoms with Crippen LogP contribution in [-0.2, 0) is 34.0 Å². The fraction of sp³-hybridized carbons (Fsp3) is 0.455. The van der Waals surface area contributed by atoms with Crippen molar-refractivity contribution in [2.75, 3.05) is 0 Å². The zero-order valence-electron chi connectivity index (χ0n) is 23.2. The van der Waals surface area contributed by atoms with Gasteiger partial charge in [-0.25, -0.2) is 22.6 Å². The van der Waals surface area contributed by atoms with E-state index in [0.717, 1.165) is 6.07 Å². The SMILES string of the molecule is O=C(O)CC(O)(CC(=O)O)C(=O)O.[2H]C([2H])(N)c1cc(OC([2H])([2H])c2cc(F)c(F)cc2F)n(CCC(C)C)n1. The number of carboxylic acid groups (broad SMARTS) is 3. The average Bonchev–Trinajstić information content (AvgIpc) is 3.16. The Labute approximate surface area is 209 Å². The quantitative estimate of drug-likeness (QED) is 0.258. The molecule has 200 valence electrons. The lowest BCUT2D eigenvalue weighted by Crippen LogP contribution is -2.42. The van der Waals surface area contributed by atoms with Crippen LogP contribution in [0.15, 0.2) is 18.2 Å². The van der Waals surface area contributed by atoms with Gasteiger partial charge in [-0.15, -0.1) is 0 Å². The standard InChI is InChI=1S/C16H20F3N3O.C6H8O7/c1-10(2)3-4-22-16(6-12(8-20)21-22)23-9-11-5-14(18)15(19)7-13(11)17;7-3(8)1-6(13,5(11)12)2-4(9)10/h5-7,10H,3-4,8-9,20H2,1-2H3;13H,1-2H2,(H,7,8)(H,9,10)(H,11,12)/i8D2,9D2;. The Morgan fingerprint density at radius 3 is 2.11 bits per heavy atom. The number of ether oxygens (including phenoxy) is 1. The number of aliphatic hydroxyl groups is 1. The predicted octanol–water partition coefficient (Wildman–Crippen LogP) is 2.14. The smallest absolute Gasteiger partial charge is 0.336 e. The summed E-state index contributed by atoms with van der Waals surface area (Å²) in [7, 11) is 0. The summed E-state index contributed by atoms with van der Waals surface area (Å²) < 4.78 is 77.8. The summed E-state index contributed by atoms with van der Waals surface area (Å²) in [6.45, 7) is -1.01. The first kappa shape index (κ1) is 24.1. The van der Waals surface area contributed by atoms with Crippen LogP contribution in [0.25, 0.3) is 0 Å². The minimum atomic E-state index is -2.87. The van der Waals surface area contributed by atoms with Gasteiger partial charge in [-0.3, -0.25) is 9.59 Å². The topological polar surface area (TPSA) is 185 Å². The van der Waals surface area contributed by atoms with Crippen molar-refractivity contribution in [3.05, 3.63) is 46.9 Å². The van der Waals surface area contributed by atoms with Crippen LogP contribution < -0.4 is 10.5 Å². The Kier molecular flexibility index (Phi) is 8.98. The number of hydrogen-bond acceptors (Lipinski definition) is 7. The van der Waals surface area contributed by atoms with Crippen molar-refractivity contribution in [2.45, 2.75) is 58.3 Å². The van der Waals surface area contributed by atoms with Crippen LogP contribution in [0.2, 0.25) is 0 Å². The van der Waals surface area contributed by atoms with Crippen molar-refractivity contribution in [1.82, 2.24) is 9.78 Å². The van der Waals surface area contributed by atoms with Crippen LogP contribution in [0.4, 0.5) is 13.2 Å². The maximum Gasteiger partial charge on any atom is 0.336 e. The molecule has 0 radical (unpaired) electrons. The molecule has 36 heavy (non-hydrogen) atoms. The molecule has 0 fully saturated rings. The van der Waals surface area contributed by atoms with Gasteiger partial charge in [0, 0.05) is 33.5 Å². The van der Waals surface area contributed by atoms with E-state index >= 15 is 0 Å². The van der Waals surface area contributed by atoms with E-state index < -0.39 is 72.4 Å². The highest BCUT2D eigenvalue weighted by molar-refractivity contribution is 5.88. The number of aromatic nitrogens is 2. The first-order valence-corrected chi connectivity index (χ1v) is 10.2. The molecular weight excluding hydrogens is 491 g/mol. The fourth-order valence-corrected chi connectivity index (χ4v) is 2.52. The van der Waals surface area contributed by atoms with Crippen LogP contribution in [0.5, 0.6) is 5.88 Å². The third-order valence-electron chi connectivity index (χ3n) is 4.37. The van der Waals surface area contributed by atoms with Gasteiger partial charge in [-0.05, 0) is 18.4 Å². The second-order valence-corrected chi connectivity index (χ2v) is 7.85. The number of nitrogens with zero attached hydrogens (tertiary/aromatic N) is 2. The third kappa shape index (κ3) is 9.54. The van der Waals surface area contributed by atoms with E-state index in [2.05, 4.69) is 5.10 Å². The van der Waals surface area contributed by atoms with E-state index in [1.54, 1.807) is 0 Å². The Hall–Kier alpha value is -3.65. The molecule has 6 N–H and O–H groups in total. The van der Waals surface area contributed by atoms with Crippen LogP contribution in [0.3, 0.4) is 0 Å². The first-order valence-electron chi connectivity index (χ1n) is 12.2.